The van der Waals surface area contributed by atoms with Gasteiger partial charge in [0.2, 0.25) is 0 Å². The maximum absolute atomic E-state index is 10.7. The Morgan fingerprint density at radius 2 is 1.52 bits per heavy atom. The van der Waals surface area contributed by atoms with Crippen LogP contribution in [0.15, 0.2) is 54.6 Å². The third kappa shape index (κ3) is 3.51. The van der Waals surface area contributed by atoms with Crippen LogP contribution in [0.1, 0.15) is 57.9 Å². The normalized spacial score (nSPS) is 17.8. The van der Waals surface area contributed by atoms with Gasteiger partial charge in [-0.2, -0.15) is 0 Å². The van der Waals surface area contributed by atoms with Gasteiger partial charge in [-0.1, -0.05) is 74.9 Å². The van der Waals surface area contributed by atoms with E-state index in [-0.39, 0.29) is 11.5 Å². The Kier molecular flexibility index (Phi) is 5.31. The molecule has 25 heavy (non-hydrogen) atoms. The topological polar surface area (TPSA) is 46.2 Å². The fourth-order valence-corrected chi connectivity index (χ4v) is 4.20. The summed E-state index contributed by atoms with van der Waals surface area (Å²) in [6.07, 6.45) is 5.69. The summed E-state index contributed by atoms with van der Waals surface area (Å²) in [5.74, 6) is 0. The lowest BCUT2D eigenvalue weighted by molar-refractivity contribution is 0.00149. The molecule has 0 aliphatic heterocycles. The van der Waals surface area contributed by atoms with Crippen molar-refractivity contribution in [3.63, 3.8) is 0 Å². The maximum atomic E-state index is 10.7. The van der Waals surface area contributed by atoms with Gasteiger partial charge < -0.3 is 10.8 Å². The van der Waals surface area contributed by atoms with Crippen molar-refractivity contribution in [2.45, 2.75) is 69.4 Å². The molecule has 1 aliphatic rings. The maximum Gasteiger partial charge on any atom is 0.0657 e. The molecule has 1 aliphatic carbocycles. The molecule has 0 heterocycles. The summed E-state index contributed by atoms with van der Waals surface area (Å²) in [6, 6.07) is 19.4. The second kappa shape index (κ2) is 7.31. The second-order valence-electron chi connectivity index (χ2n) is 7.70. The highest BCUT2D eigenvalue weighted by Gasteiger charge is 2.45. The van der Waals surface area contributed by atoms with Crippen molar-refractivity contribution < 1.29 is 5.11 Å². The molecule has 0 bridgehead atoms. The Morgan fingerprint density at radius 1 is 0.960 bits per heavy atom. The molecule has 1 saturated carbocycles. The van der Waals surface area contributed by atoms with E-state index in [1.54, 1.807) is 0 Å². The number of aliphatic hydroxyl groups is 1. The highest BCUT2D eigenvalue weighted by atomic mass is 16.3. The van der Waals surface area contributed by atoms with E-state index in [1.165, 1.54) is 23.1 Å². The molecule has 1 unspecified atom stereocenters. The van der Waals surface area contributed by atoms with Gasteiger partial charge in [-0.05, 0) is 48.8 Å². The largest absolute Gasteiger partial charge is 0.390 e. The fraction of sp³-hybridized carbons (Fsp3) is 0.478. The van der Waals surface area contributed by atoms with Crippen LogP contribution < -0.4 is 5.73 Å². The van der Waals surface area contributed by atoms with Crippen LogP contribution in [0.5, 0.6) is 0 Å². The molecule has 3 rings (SSSR count). The summed E-state index contributed by atoms with van der Waals surface area (Å²) in [7, 11) is 0. The van der Waals surface area contributed by atoms with E-state index in [0.29, 0.717) is 6.42 Å². The first-order chi connectivity index (χ1) is 12.0. The molecule has 134 valence electrons. The lowest BCUT2D eigenvalue weighted by atomic mass is 9.58. The van der Waals surface area contributed by atoms with Crippen molar-refractivity contribution in [1.82, 2.24) is 0 Å². The molecule has 0 amide bonds. The summed E-state index contributed by atoms with van der Waals surface area (Å²) in [6.45, 7) is 4.11. The second-order valence-corrected chi connectivity index (χ2v) is 7.70. The number of hydrogen-bond acceptors (Lipinski definition) is 2. The van der Waals surface area contributed by atoms with Gasteiger partial charge in [0.05, 0.1) is 5.60 Å². The molecule has 0 radical (unpaired) electrons. The Labute approximate surface area is 152 Å². The molecule has 1 atom stereocenters. The van der Waals surface area contributed by atoms with E-state index in [2.05, 4.69) is 62.4 Å². The number of benzene rings is 2. The standard InChI is InChI=1S/C23H31NO/c1-3-22(25,4-2)17-21(24)23(15-8-16-23)20-13-11-19(12-14-20)18-9-6-5-7-10-18/h5-7,9-14,21,25H,3-4,8,15-17,24H2,1-2H3. The van der Waals surface area contributed by atoms with Crippen LogP contribution in [-0.4, -0.2) is 16.7 Å². The fourth-order valence-electron chi connectivity index (χ4n) is 4.20. The van der Waals surface area contributed by atoms with Gasteiger partial charge in [0, 0.05) is 11.5 Å². The number of nitrogens with two attached hydrogens (primary N) is 1. The third-order valence-electron chi connectivity index (χ3n) is 6.44. The van der Waals surface area contributed by atoms with E-state index >= 15 is 0 Å². The van der Waals surface area contributed by atoms with E-state index in [4.69, 9.17) is 5.73 Å². The smallest absolute Gasteiger partial charge is 0.0657 e. The Bertz CT molecular complexity index is 669. The van der Waals surface area contributed by atoms with Gasteiger partial charge in [0.25, 0.3) is 0 Å². The van der Waals surface area contributed by atoms with Gasteiger partial charge in [0.1, 0.15) is 0 Å². The van der Waals surface area contributed by atoms with Crippen LogP contribution in [0.2, 0.25) is 0 Å². The molecule has 2 heteroatoms. The molecule has 1 fully saturated rings. The van der Waals surface area contributed by atoms with E-state index < -0.39 is 5.60 Å². The summed E-state index contributed by atoms with van der Waals surface area (Å²) in [5.41, 5.74) is 9.89. The first-order valence-corrected chi connectivity index (χ1v) is 9.67. The minimum Gasteiger partial charge on any atom is -0.390 e. The molecule has 0 saturated heterocycles. The Hall–Kier alpha value is -1.64. The average molecular weight is 338 g/mol. The quantitative estimate of drug-likeness (QED) is 0.743. The molecular formula is C23H31NO. The zero-order valence-electron chi connectivity index (χ0n) is 15.5. The molecule has 2 aromatic carbocycles. The predicted octanol–water partition coefficient (Wildman–Crippen LogP) is 5.04. The molecule has 0 aromatic heterocycles. The molecule has 2 aromatic rings. The van der Waals surface area contributed by atoms with E-state index in [1.807, 2.05) is 6.07 Å². The Morgan fingerprint density at radius 3 is 2.00 bits per heavy atom. The summed E-state index contributed by atoms with van der Waals surface area (Å²) in [5, 5.41) is 10.7. The third-order valence-corrected chi connectivity index (χ3v) is 6.44. The Balaban J connectivity index is 1.83. The molecule has 2 nitrogen and oxygen atoms in total. The van der Waals surface area contributed by atoms with Crippen molar-refractivity contribution in [3.8, 4) is 11.1 Å². The minimum atomic E-state index is -0.633. The summed E-state index contributed by atoms with van der Waals surface area (Å²) < 4.78 is 0. The van der Waals surface area contributed by atoms with E-state index in [0.717, 1.165) is 25.7 Å². The van der Waals surface area contributed by atoms with Crippen molar-refractivity contribution in [2.75, 3.05) is 0 Å². The van der Waals surface area contributed by atoms with Crippen LogP contribution in [0.3, 0.4) is 0 Å². The highest BCUT2D eigenvalue weighted by Crippen LogP contribution is 2.48. The van der Waals surface area contributed by atoms with Gasteiger partial charge in [0.15, 0.2) is 0 Å². The van der Waals surface area contributed by atoms with Crippen molar-refractivity contribution >= 4 is 0 Å². The zero-order chi connectivity index (χ0) is 17.9. The van der Waals surface area contributed by atoms with Crippen LogP contribution in [0, 0.1) is 0 Å². The van der Waals surface area contributed by atoms with Crippen LogP contribution >= 0.6 is 0 Å². The molecular weight excluding hydrogens is 306 g/mol. The van der Waals surface area contributed by atoms with Gasteiger partial charge in [-0.15, -0.1) is 0 Å². The van der Waals surface area contributed by atoms with E-state index in [9.17, 15) is 5.11 Å². The monoisotopic (exact) mass is 337 g/mol. The number of rotatable bonds is 7. The summed E-state index contributed by atoms with van der Waals surface area (Å²) >= 11 is 0. The SMILES string of the molecule is CCC(O)(CC)CC(N)C1(c2ccc(-c3ccccc3)cc2)CCC1. The summed E-state index contributed by atoms with van der Waals surface area (Å²) in [4.78, 5) is 0. The van der Waals surface area contributed by atoms with Crippen molar-refractivity contribution in [2.24, 2.45) is 5.73 Å². The average Bonchev–Trinajstić information content (AvgIpc) is 2.62. The zero-order valence-corrected chi connectivity index (χ0v) is 15.5. The first kappa shape index (κ1) is 18.2. The van der Waals surface area contributed by atoms with Crippen LogP contribution in [0.4, 0.5) is 0 Å². The molecule has 3 N–H and O–H groups in total. The lowest BCUT2D eigenvalue weighted by Gasteiger charge is -2.49. The lowest BCUT2D eigenvalue weighted by Crippen LogP contribution is -2.53. The van der Waals surface area contributed by atoms with Crippen LogP contribution in [-0.2, 0) is 5.41 Å². The van der Waals surface area contributed by atoms with Crippen molar-refractivity contribution in [1.29, 1.82) is 0 Å². The predicted molar refractivity (Wildman–Crippen MR) is 106 cm³/mol. The minimum absolute atomic E-state index is 0.00808. The highest BCUT2D eigenvalue weighted by molar-refractivity contribution is 5.63. The van der Waals surface area contributed by atoms with Crippen LogP contribution in [0.25, 0.3) is 11.1 Å². The van der Waals surface area contributed by atoms with Gasteiger partial charge >= 0.3 is 0 Å². The van der Waals surface area contributed by atoms with Crippen molar-refractivity contribution in [3.05, 3.63) is 60.2 Å². The number of hydrogen-bond donors (Lipinski definition) is 2. The first-order valence-electron chi connectivity index (χ1n) is 9.67. The van der Waals surface area contributed by atoms with Gasteiger partial charge in [-0.25, -0.2) is 0 Å². The molecule has 0 spiro atoms. The van der Waals surface area contributed by atoms with Gasteiger partial charge in [-0.3, -0.25) is 0 Å².